The van der Waals surface area contributed by atoms with Gasteiger partial charge in [-0.05, 0) is 43.3 Å². The highest BCUT2D eigenvalue weighted by molar-refractivity contribution is 6.33. The van der Waals surface area contributed by atoms with E-state index in [2.05, 4.69) is 29.4 Å². The van der Waals surface area contributed by atoms with Crippen molar-refractivity contribution in [2.45, 2.75) is 6.92 Å². The molecule has 0 spiro atoms. The molecule has 0 aliphatic carbocycles. The molecule has 0 bridgehead atoms. The van der Waals surface area contributed by atoms with E-state index in [0.29, 0.717) is 10.8 Å². The first kappa shape index (κ1) is 18.2. The van der Waals surface area contributed by atoms with E-state index in [1.807, 2.05) is 60.7 Å². The summed E-state index contributed by atoms with van der Waals surface area (Å²) >= 11 is 6.34. The third-order valence-electron chi connectivity index (χ3n) is 4.03. The number of hydrogen-bond acceptors (Lipinski definition) is 3. The topological polar surface area (TPSA) is 37.8 Å². The van der Waals surface area contributed by atoms with Gasteiger partial charge in [0, 0.05) is 16.6 Å². The summed E-state index contributed by atoms with van der Waals surface area (Å²) in [4.78, 5) is 9.43. The number of fused-ring (bicyclic) bond motifs is 1. The smallest absolute Gasteiger partial charge is 0.163 e. The number of hydrogen-bond donors (Lipinski definition) is 1. The Hall–Kier alpha value is -2.62. The lowest BCUT2D eigenvalue weighted by Crippen LogP contribution is -1.99. The quantitative estimate of drug-likeness (QED) is 0.444. The number of para-hydroxylation sites is 1. The minimum Gasteiger partial charge on any atom is -0.340 e. The van der Waals surface area contributed by atoms with E-state index >= 15 is 0 Å². The van der Waals surface area contributed by atoms with Crippen molar-refractivity contribution in [1.29, 1.82) is 0 Å². The van der Waals surface area contributed by atoms with Gasteiger partial charge in [-0.15, -0.1) is 12.4 Å². The zero-order valence-electron chi connectivity index (χ0n) is 14.1. The highest BCUT2D eigenvalue weighted by atomic mass is 35.5. The molecular weight excluding hydrogens is 365 g/mol. The predicted molar refractivity (Wildman–Crippen MR) is 112 cm³/mol. The molecule has 130 valence electrons. The third-order valence-corrected chi connectivity index (χ3v) is 4.36. The van der Waals surface area contributed by atoms with Crippen molar-refractivity contribution in [1.82, 2.24) is 9.97 Å². The Labute approximate surface area is 163 Å². The van der Waals surface area contributed by atoms with E-state index in [1.54, 1.807) is 0 Å². The van der Waals surface area contributed by atoms with Crippen LogP contribution in [0.4, 0.5) is 11.5 Å². The Kier molecular flexibility index (Phi) is 5.40. The maximum absolute atomic E-state index is 6.34. The molecule has 0 aliphatic heterocycles. The monoisotopic (exact) mass is 381 g/mol. The Morgan fingerprint density at radius 1 is 0.808 bits per heavy atom. The fourth-order valence-electron chi connectivity index (χ4n) is 2.71. The Morgan fingerprint density at radius 3 is 2.27 bits per heavy atom. The van der Waals surface area contributed by atoms with Gasteiger partial charge in [-0.3, -0.25) is 0 Å². The molecule has 0 amide bonds. The molecule has 26 heavy (non-hydrogen) atoms. The second-order valence-corrected chi connectivity index (χ2v) is 6.29. The summed E-state index contributed by atoms with van der Waals surface area (Å²) in [5.41, 5.74) is 3.90. The van der Waals surface area contributed by atoms with E-state index in [9.17, 15) is 0 Å². The normalized spacial score (nSPS) is 10.4. The van der Waals surface area contributed by atoms with Crippen molar-refractivity contribution >= 4 is 46.4 Å². The van der Waals surface area contributed by atoms with E-state index in [4.69, 9.17) is 16.6 Å². The molecule has 4 aromatic rings. The number of anilines is 2. The largest absolute Gasteiger partial charge is 0.340 e. The second kappa shape index (κ2) is 7.73. The maximum atomic E-state index is 6.34. The van der Waals surface area contributed by atoms with E-state index in [1.165, 1.54) is 5.56 Å². The molecule has 0 saturated heterocycles. The number of rotatable bonds is 3. The highest BCUT2D eigenvalue weighted by Crippen LogP contribution is 2.30. The molecule has 1 N–H and O–H groups in total. The van der Waals surface area contributed by atoms with Crippen LogP contribution in [0.25, 0.3) is 22.3 Å². The molecule has 5 heteroatoms. The van der Waals surface area contributed by atoms with Gasteiger partial charge in [0.2, 0.25) is 0 Å². The first-order valence-corrected chi connectivity index (χ1v) is 8.44. The number of aryl methyl sites for hydroxylation is 1. The lowest BCUT2D eigenvalue weighted by Gasteiger charge is -2.12. The first-order chi connectivity index (χ1) is 12.2. The lowest BCUT2D eigenvalue weighted by molar-refractivity contribution is 1.22. The van der Waals surface area contributed by atoms with Crippen LogP contribution in [0.1, 0.15) is 5.56 Å². The molecule has 1 aromatic heterocycles. The van der Waals surface area contributed by atoms with Crippen LogP contribution in [0, 0.1) is 6.92 Å². The molecule has 0 fully saturated rings. The van der Waals surface area contributed by atoms with Crippen molar-refractivity contribution in [2.24, 2.45) is 0 Å². The minimum atomic E-state index is 0. The Morgan fingerprint density at radius 2 is 1.50 bits per heavy atom. The summed E-state index contributed by atoms with van der Waals surface area (Å²) in [5.74, 6) is 1.38. The van der Waals surface area contributed by atoms with Gasteiger partial charge in [-0.25, -0.2) is 9.97 Å². The van der Waals surface area contributed by atoms with Crippen LogP contribution >= 0.6 is 24.0 Å². The molecule has 0 atom stereocenters. The van der Waals surface area contributed by atoms with Gasteiger partial charge in [-0.1, -0.05) is 53.6 Å². The fourth-order valence-corrected chi connectivity index (χ4v) is 2.93. The minimum absolute atomic E-state index is 0. The van der Waals surface area contributed by atoms with Gasteiger partial charge in [0.15, 0.2) is 5.82 Å². The summed E-state index contributed by atoms with van der Waals surface area (Å²) < 4.78 is 0. The molecule has 0 aliphatic rings. The average Bonchev–Trinajstić information content (AvgIpc) is 2.64. The van der Waals surface area contributed by atoms with Crippen molar-refractivity contribution in [3.8, 4) is 11.4 Å². The summed E-state index contributed by atoms with van der Waals surface area (Å²) in [5, 5.41) is 5.02. The fraction of sp³-hybridized carbons (Fsp3) is 0.0476. The van der Waals surface area contributed by atoms with E-state index < -0.39 is 0 Å². The SMILES string of the molecule is Cc1ccc(Nc2nc(-c3ccccc3Cl)nc3ccccc23)cc1.Cl. The number of benzene rings is 3. The van der Waals surface area contributed by atoms with E-state index in [-0.39, 0.29) is 12.4 Å². The van der Waals surface area contributed by atoms with Crippen molar-refractivity contribution in [2.75, 3.05) is 5.32 Å². The van der Waals surface area contributed by atoms with Crippen LogP contribution in [-0.4, -0.2) is 9.97 Å². The zero-order valence-corrected chi connectivity index (χ0v) is 15.7. The molecule has 1 heterocycles. The summed E-state index contributed by atoms with van der Waals surface area (Å²) in [7, 11) is 0. The maximum Gasteiger partial charge on any atom is 0.163 e. The predicted octanol–water partition coefficient (Wildman–Crippen LogP) is 6.42. The molecule has 0 unspecified atom stereocenters. The van der Waals surface area contributed by atoms with Crippen LogP contribution < -0.4 is 5.32 Å². The number of nitrogens with zero attached hydrogens (tertiary/aromatic N) is 2. The highest BCUT2D eigenvalue weighted by Gasteiger charge is 2.11. The summed E-state index contributed by atoms with van der Waals surface area (Å²) in [6, 6.07) is 23.8. The van der Waals surface area contributed by atoms with Crippen LogP contribution in [0.3, 0.4) is 0 Å². The summed E-state index contributed by atoms with van der Waals surface area (Å²) in [6.45, 7) is 2.07. The second-order valence-electron chi connectivity index (χ2n) is 5.88. The molecule has 3 aromatic carbocycles. The average molecular weight is 382 g/mol. The van der Waals surface area contributed by atoms with Gasteiger partial charge in [-0.2, -0.15) is 0 Å². The molecular formula is C21H17Cl2N3. The van der Waals surface area contributed by atoms with Gasteiger partial charge >= 0.3 is 0 Å². The molecule has 4 rings (SSSR count). The van der Waals surface area contributed by atoms with E-state index in [0.717, 1.165) is 28.0 Å². The number of halogens is 2. The molecule has 0 radical (unpaired) electrons. The zero-order chi connectivity index (χ0) is 17.2. The first-order valence-electron chi connectivity index (χ1n) is 8.06. The Bertz CT molecular complexity index is 1050. The Balaban J connectivity index is 0.00000196. The lowest BCUT2D eigenvalue weighted by atomic mass is 10.1. The molecule has 0 saturated carbocycles. The van der Waals surface area contributed by atoms with Gasteiger partial charge in [0.05, 0.1) is 10.5 Å². The van der Waals surface area contributed by atoms with Crippen molar-refractivity contribution < 1.29 is 0 Å². The standard InChI is InChI=1S/C21H16ClN3.ClH/c1-14-10-12-15(13-11-14)23-21-17-7-3-5-9-19(17)24-20(25-21)16-6-2-4-8-18(16)22;/h2-13H,1H3,(H,23,24,25);1H. The number of nitrogens with one attached hydrogen (secondary N) is 1. The van der Waals surface area contributed by atoms with Gasteiger partial charge < -0.3 is 5.32 Å². The van der Waals surface area contributed by atoms with Crippen LogP contribution in [0.5, 0.6) is 0 Å². The van der Waals surface area contributed by atoms with Crippen LogP contribution in [0.15, 0.2) is 72.8 Å². The van der Waals surface area contributed by atoms with Crippen molar-refractivity contribution in [3.05, 3.63) is 83.4 Å². The van der Waals surface area contributed by atoms with Crippen molar-refractivity contribution in [3.63, 3.8) is 0 Å². The van der Waals surface area contributed by atoms with Gasteiger partial charge in [0.25, 0.3) is 0 Å². The third kappa shape index (κ3) is 3.64. The van der Waals surface area contributed by atoms with Crippen LogP contribution in [0.2, 0.25) is 5.02 Å². The number of aromatic nitrogens is 2. The van der Waals surface area contributed by atoms with Gasteiger partial charge in [0.1, 0.15) is 5.82 Å². The summed E-state index contributed by atoms with van der Waals surface area (Å²) in [6.07, 6.45) is 0. The van der Waals surface area contributed by atoms with Crippen LogP contribution in [-0.2, 0) is 0 Å². The molecule has 3 nitrogen and oxygen atoms in total.